The molecule has 138 valence electrons. The van der Waals surface area contributed by atoms with Gasteiger partial charge in [0, 0.05) is 22.2 Å². The number of pyridine rings is 1. The maximum atomic E-state index is 13.1. The highest BCUT2D eigenvalue weighted by Gasteiger charge is 2.52. The number of carbonyl (C=O) groups is 1. The predicted molar refractivity (Wildman–Crippen MR) is 91.2 cm³/mol. The minimum atomic E-state index is -4.55. The zero-order valence-corrected chi connectivity index (χ0v) is 15.6. The lowest BCUT2D eigenvalue weighted by molar-refractivity contribution is -0.182. The summed E-state index contributed by atoms with van der Waals surface area (Å²) in [4.78, 5) is 16.9. The third kappa shape index (κ3) is 2.72. The van der Waals surface area contributed by atoms with Crippen LogP contribution in [0.15, 0.2) is 22.8 Å². The van der Waals surface area contributed by atoms with Gasteiger partial charge in [0.2, 0.25) is 0 Å². The van der Waals surface area contributed by atoms with Crippen LogP contribution in [0.1, 0.15) is 47.9 Å². The number of nitrogens with one attached hydrogen (secondary N) is 1. The van der Waals surface area contributed by atoms with Crippen LogP contribution in [0.3, 0.4) is 0 Å². The lowest BCUT2D eigenvalue weighted by atomic mass is 10.0. The molecule has 0 spiro atoms. The van der Waals surface area contributed by atoms with Crippen LogP contribution in [0.2, 0.25) is 0 Å². The van der Waals surface area contributed by atoms with Gasteiger partial charge in [-0.2, -0.15) is 18.3 Å². The van der Waals surface area contributed by atoms with Gasteiger partial charge in [-0.25, -0.2) is 9.67 Å². The summed E-state index contributed by atoms with van der Waals surface area (Å²) in [5.41, 5.74) is -0.638. The van der Waals surface area contributed by atoms with Crippen LogP contribution in [0, 0.1) is 5.92 Å². The molecular formula is C17H16BrF3N4O. The smallest absolute Gasteiger partial charge is 0.337 e. The van der Waals surface area contributed by atoms with Crippen molar-refractivity contribution in [3.05, 3.63) is 39.8 Å². The van der Waals surface area contributed by atoms with Crippen molar-refractivity contribution in [1.82, 2.24) is 20.1 Å². The summed E-state index contributed by atoms with van der Waals surface area (Å²) in [5, 5.41) is 6.42. The molecule has 2 aliphatic carbocycles. The standard InChI is InChI=1S/C17H16BrF3N4O/c1-16(2,17(19,20)21)23-15(26)13-11-6-8-5-10(8)14(11)25(24-13)12-7-9(18)3-4-22-12/h3-4,7-8,10H,5-6H2,1-2H3,(H,23,26)/t8-,10-/m1/s1. The number of halogens is 4. The van der Waals surface area contributed by atoms with E-state index < -0.39 is 17.6 Å². The van der Waals surface area contributed by atoms with Crippen molar-refractivity contribution < 1.29 is 18.0 Å². The van der Waals surface area contributed by atoms with Crippen LogP contribution in [-0.4, -0.2) is 32.4 Å². The number of hydrogen-bond donors (Lipinski definition) is 1. The highest BCUT2D eigenvalue weighted by Crippen LogP contribution is 2.57. The molecule has 1 N–H and O–H groups in total. The SMILES string of the molecule is CC(C)(NC(=O)c1nn(-c2cc(Br)ccn2)c2c1C[C@H]1C[C@@H]21)C(F)(F)F. The molecule has 2 aromatic heterocycles. The molecule has 0 radical (unpaired) electrons. The number of fused-ring (bicyclic) bond motifs is 3. The molecule has 2 atom stereocenters. The van der Waals surface area contributed by atoms with Crippen molar-refractivity contribution in [1.29, 1.82) is 0 Å². The fourth-order valence-corrected chi connectivity index (χ4v) is 3.72. The van der Waals surface area contributed by atoms with Crippen LogP contribution in [0.4, 0.5) is 13.2 Å². The van der Waals surface area contributed by atoms with Gasteiger partial charge in [-0.15, -0.1) is 0 Å². The number of hydrogen-bond acceptors (Lipinski definition) is 3. The third-order valence-electron chi connectivity index (χ3n) is 5.04. The first-order chi connectivity index (χ1) is 12.1. The Morgan fingerprint density at radius 1 is 1.38 bits per heavy atom. The maximum absolute atomic E-state index is 13.1. The van der Waals surface area contributed by atoms with Crippen molar-refractivity contribution >= 4 is 21.8 Å². The fourth-order valence-electron chi connectivity index (χ4n) is 3.40. The molecule has 0 saturated heterocycles. The Morgan fingerprint density at radius 2 is 2.12 bits per heavy atom. The molecule has 0 unspecified atom stereocenters. The molecule has 1 amide bonds. The molecule has 2 aromatic rings. The summed E-state index contributed by atoms with van der Waals surface area (Å²) in [6.45, 7) is 1.88. The maximum Gasteiger partial charge on any atom is 0.410 e. The van der Waals surface area contributed by atoms with E-state index >= 15 is 0 Å². The number of aromatic nitrogens is 3. The Kier molecular flexibility index (Phi) is 3.74. The largest absolute Gasteiger partial charge is 0.410 e. The first kappa shape index (κ1) is 17.5. The van der Waals surface area contributed by atoms with Gasteiger partial charge in [-0.05, 0) is 44.7 Å². The summed E-state index contributed by atoms with van der Waals surface area (Å²) >= 11 is 3.38. The zero-order valence-electron chi connectivity index (χ0n) is 14.1. The molecule has 0 bridgehead atoms. The van der Waals surface area contributed by atoms with Gasteiger partial charge in [0.05, 0.1) is 5.69 Å². The molecule has 1 fully saturated rings. The van der Waals surface area contributed by atoms with E-state index in [0.29, 0.717) is 24.1 Å². The second-order valence-corrected chi connectivity index (χ2v) is 8.26. The molecule has 2 aliphatic rings. The molecule has 26 heavy (non-hydrogen) atoms. The quantitative estimate of drug-likeness (QED) is 0.809. The molecule has 4 rings (SSSR count). The van der Waals surface area contributed by atoms with Gasteiger partial charge >= 0.3 is 6.18 Å². The number of nitrogens with zero attached hydrogens (tertiary/aromatic N) is 3. The van der Waals surface area contributed by atoms with Crippen molar-refractivity contribution in [2.45, 2.75) is 44.3 Å². The minimum Gasteiger partial charge on any atom is -0.337 e. The topological polar surface area (TPSA) is 59.8 Å². The van der Waals surface area contributed by atoms with Crippen molar-refractivity contribution in [2.75, 3.05) is 0 Å². The van der Waals surface area contributed by atoms with Crippen LogP contribution in [0.5, 0.6) is 0 Å². The number of amides is 1. The number of carbonyl (C=O) groups excluding carboxylic acids is 1. The summed E-state index contributed by atoms with van der Waals surface area (Å²) in [7, 11) is 0. The first-order valence-electron chi connectivity index (χ1n) is 8.21. The molecule has 5 nitrogen and oxygen atoms in total. The van der Waals surface area contributed by atoms with Gasteiger partial charge in [0.15, 0.2) is 11.5 Å². The Bertz CT molecular complexity index is 906. The molecular weight excluding hydrogens is 413 g/mol. The first-order valence-corrected chi connectivity index (χ1v) is 9.01. The van der Waals surface area contributed by atoms with E-state index in [4.69, 9.17) is 0 Å². The summed E-state index contributed by atoms with van der Waals surface area (Å²) in [5.74, 6) is 0.481. The van der Waals surface area contributed by atoms with E-state index in [1.165, 1.54) is 0 Å². The Morgan fingerprint density at radius 3 is 2.77 bits per heavy atom. The van der Waals surface area contributed by atoms with E-state index in [0.717, 1.165) is 36.0 Å². The summed E-state index contributed by atoms with van der Waals surface area (Å²) in [6.07, 6.45) is -1.26. The van der Waals surface area contributed by atoms with Crippen LogP contribution < -0.4 is 5.32 Å². The number of rotatable bonds is 3. The summed E-state index contributed by atoms with van der Waals surface area (Å²) < 4.78 is 41.7. The average Bonchev–Trinajstić information content (AvgIpc) is 3.02. The highest BCUT2D eigenvalue weighted by molar-refractivity contribution is 9.10. The van der Waals surface area contributed by atoms with Gasteiger partial charge in [-0.3, -0.25) is 4.79 Å². The minimum absolute atomic E-state index is 0.0614. The van der Waals surface area contributed by atoms with E-state index in [9.17, 15) is 18.0 Å². The zero-order chi connectivity index (χ0) is 18.9. The Balaban J connectivity index is 1.74. The van der Waals surface area contributed by atoms with E-state index in [1.54, 1.807) is 23.0 Å². The van der Waals surface area contributed by atoms with Crippen molar-refractivity contribution in [3.63, 3.8) is 0 Å². The molecule has 2 heterocycles. The normalized spacial score (nSPS) is 21.3. The average molecular weight is 429 g/mol. The summed E-state index contributed by atoms with van der Waals surface area (Å²) in [6, 6.07) is 3.54. The number of alkyl halides is 3. The lowest BCUT2D eigenvalue weighted by Crippen LogP contribution is -2.54. The van der Waals surface area contributed by atoms with Crippen molar-refractivity contribution in [2.24, 2.45) is 5.92 Å². The van der Waals surface area contributed by atoms with E-state index in [1.807, 2.05) is 0 Å². The fraction of sp³-hybridized carbons (Fsp3) is 0.471. The van der Waals surface area contributed by atoms with Gasteiger partial charge in [0.1, 0.15) is 5.54 Å². The van der Waals surface area contributed by atoms with Crippen molar-refractivity contribution in [3.8, 4) is 5.82 Å². The molecule has 1 saturated carbocycles. The molecule has 0 aliphatic heterocycles. The highest BCUT2D eigenvalue weighted by atomic mass is 79.9. The third-order valence-corrected chi connectivity index (χ3v) is 5.53. The second-order valence-electron chi connectivity index (χ2n) is 7.34. The molecule has 0 aromatic carbocycles. The predicted octanol–water partition coefficient (Wildman–Crippen LogP) is 3.76. The van der Waals surface area contributed by atoms with E-state index in [2.05, 4.69) is 31.3 Å². The second kappa shape index (κ2) is 5.55. The Labute approximate surface area is 156 Å². The van der Waals surface area contributed by atoms with Gasteiger partial charge < -0.3 is 5.32 Å². The van der Waals surface area contributed by atoms with Crippen LogP contribution >= 0.6 is 15.9 Å². The van der Waals surface area contributed by atoms with E-state index in [-0.39, 0.29) is 5.69 Å². The van der Waals surface area contributed by atoms with Gasteiger partial charge in [0.25, 0.3) is 5.91 Å². The van der Waals surface area contributed by atoms with Gasteiger partial charge in [-0.1, -0.05) is 15.9 Å². The van der Waals surface area contributed by atoms with Crippen LogP contribution in [0.25, 0.3) is 5.82 Å². The molecule has 9 heteroatoms. The van der Waals surface area contributed by atoms with Crippen LogP contribution in [-0.2, 0) is 6.42 Å². The lowest BCUT2D eigenvalue weighted by Gasteiger charge is -2.28. The monoisotopic (exact) mass is 428 g/mol. The Hall–Kier alpha value is -1.90.